The lowest BCUT2D eigenvalue weighted by Gasteiger charge is -2.14. The van der Waals surface area contributed by atoms with Gasteiger partial charge in [0.25, 0.3) is 5.91 Å². The lowest BCUT2D eigenvalue weighted by Crippen LogP contribution is -2.35. The molecule has 27 heavy (non-hydrogen) atoms. The number of nitrogens with zero attached hydrogens (tertiary/aromatic N) is 3. The molecule has 140 valence electrons. The van der Waals surface area contributed by atoms with Gasteiger partial charge in [0.15, 0.2) is 0 Å². The molecule has 0 radical (unpaired) electrons. The summed E-state index contributed by atoms with van der Waals surface area (Å²) in [7, 11) is 1.24. The number of hydrogen-bond acceptors (Lipinski definition) is 6. The number of fused-ring (bicyclic) bond motifs is 1. The van der Waals surface area contributed by atoms with E-state index in [9.17, 15) is 18.4 Å². The van der Waals surface area contributed by atoms with E-state index in [1.54, 1.807) is 0 Å². The molecule has 1 atom stereocenters. The van der Waals surface area contributed by atoms with Gasteiger partial charge < -0.3 is 14.9 Å². The molecule has 3 rings (SSSR count). The van der Waals surface area contributed by atoms with Gasteiger partial charge >= 0.3 is 5.97 Å². The van der Waals surface area contributed by atoms with E-state index in [1.807, 2.05) is 0 Å². The van der Waals surface area contributed by atoms with Crippen LogP contribution in [0.25, 0.3) is 11.0 Å². The van der Waals surface area contributed by atoms with Crippen LogP contribution in [0.4, 0.5) is 14.5 Å². The normalized spacial score (nSPS) is 11.9. The van der Waals surface area contributed by atoms with Crippen LogP contribution < -0.4 is 10.2 Å². The minimum atomic E-state index is -1.17. The van der Waals surface area contributed by atoms with Crippen molar-refractivity contribution in [1.82, 2.24) is 15.2 Å². The van der Waals surface area contributed by atoms with Crippen LogP contribution in [0.3, 0.4) is 0 Å². The van der Waals surface area contributed by atoms with E-state index in [1.165, 1.54) is 38.3 Å². The van der Waals surface area contributed by atoms with E-state index in [2.05, 4.69) is 20.4 Å². The zero-order chi connectivity index (χ0) is 19.6. The number of carbonyl (C=O) groups excluding carboxylic acids is 2. The molecule has 1 N–H and O–H groups in total. The fourth-order valence-electron chi connectivity index (χ4n) is 2.26. The van der Waals surface area contributed by atoms with Gasteiger partial charge in [0.2, 0.25) is 6.10 Å². The van der Waals surface area contributed by atoms with Crippen LogP contribution >= 0.6 is 0 Å². The first-order valence-electron chi connectivity index (χ1n) is 7.76. The second kappa shape index (κ2) is 7.36. The molecule has 10 heteroatoms. The maximum absolute atomic E-state index is 13.6. The molecular formula is C17H14F2N4O4. The predicted octanol–water partition coefficient (Wildman–Crippen LogP) is 1.95. The third-order valence-electron chi connectivity index (χ3n) is 3.67. The fourth-order valence-corrected chi connectivity index (χ4v) is 2.26. The number of rotatable bonds is 5. The third-order valence-corrected chi connectivity index (χ3v) is 3.67. The molecule has 1 aromatic heterocycles. The Labute approximate surface area is 151 Å². The maximum Gasteiger partial charge on any atom is 0.337 e. The number of carbonyl (C=O) groups is 2. The van der Waals surface area contributed by atoms with Crippen molar-refractivity contribution in [3.8, 4) is 0 Å². The number of amides is 1. The highest BCUT2D eigenvalue weighted by Crippen LogP contribution is 2.18. The molecule has 0 aliphatic rings. The van der Waals surface area contributed by atoms with Crippen LogP contribution in [0.5, 0.6) is 0 Å². The Kier molecular flexibility index (Phi) is 4.97. The van der Waals surface area contributed by atoms with E-state index < -0.39 is 35.3 Å². The van der Waals surface area contributed by atoms with Gasteiger partial charge in [0.1, 0.15) is 28.4 Å². The number of methoxy groups -OCH3 is 1. The molecule has 0 aliphatic heterocycles. The number of ether oxygens (including phenoxy) is 1. The molecule has 1 unspecified atom stereocenters. The molecule has 8 nitrogen and oxygen atoms in total. The zero-order valence-electron chi connectivity index (χ0n) is 14.3. The first-order chi connectivity index (χ1) is 12.9. The molecule has 2 aromatic carbocycles. The zero-order valence-corrected chi connectivity index (χ0v) is 14.3. The Balaban J connectivity index is 1.80. The number of benzene rings is 2. The summed E-state index contributed by atoms with van der Waals surface area (Å²) in [6.45, 7) is 1.37. The van der Waals surface area contributed by atoms with Crippen LogP contribution in [-0.4, -0.2) is 40.2 Å². The number of anilines is 1. The van der Waals surface area contributed by atoms with Crippen molar-refractivity contribution < 1.29 is 27.9 Å². The van der Waals surface area contributed by atoms with Crippen LogP contribution in [-0.2, 0) is 9.53 Å². The van der Waals surface area contributed by atoms with Crippen LogP contribution in [0.1, 0.15) is 17.3 Å². The lowest BCUT2D eigenvalue weighted by molar-refractivity contribution is -0.127. The smallest absolute Gasteiger partial charge is 0.337 e. The Morgan fingerprint density at radius 2 is 1.89 bits per heavy atom. The Morgan fingerprint density at radius 1 is 1.19 bits per heavy atom. The van der Waals surface area contributed by atoms with E-state index in [-0.39, 0.29) is 5.56 Å². The quantitative estimate of drug-likeness (QED) is 0.684. The van der Waals surface area contributed by atoms with E-state index in [4.69, 9.17) is 4.84 Å². The van der Waals surface area contributed by atoms with Crippen molar-refractivity contribution in [2.45, 2.75) is 13.0 Å². The third kappa shape index (κ3) is 3.68. The molecule has 0 fully saturated rings. The van der Waals surface area contributed by atoms with Crippen molar-refractivity contribution in [1.29, 1.82) is 0 Å². The summed E-state index contributed by atoms with van der Waals surface area (Å²) in [6, 6.07) is 7.69. The summed E-state index contributed by atoms with van der Waals surface area (Å²) in [6.07, 6.45) is -1.17. The molecule has 0 spiro atoms. The summed E-state index contributed by atoms with van der Waals surface area (Å²) < 4.78 is 31.9. The Morgan fingerprint density at radius 3 is 2.56 bits per heavy atom. The van der Waals surface area contributed by atoms with Gasteiger partial charge in [-0.15, -0.1) is 5.10 Å². The topological polar surface area (TPSA) is 95.3 Å². The van der Waals surface area contributed by atoms with Gasteiger partial charge in [-0.3, -0.25) is 4.79 Å². The molecular weight excluding hydrogens is 362 g/mol. The summed E-state index contributed by atoms with van der Waals surface area (Å²) >= 11 is 0. The van der Waals surface area contributed by atoms with Gasteiger partial charge in [-0.05, 0) is 42.5 Å². The van der Waals surface area contributed by atoms with Crippen molar-refractivity contribution in [2.24, 2.45) is 0 Å². The predicted molar refractivity (Wildman–Crippen MR) is 89.9 cm³/mol. The van der Waals surface area contributed by atoms with E-state index >= 15 is 0 Å². The highest BCUT2D eigenvalue weighted by Gasteiger charge is 2.21. The second-order valence-corrected chi connectivity index (χ2v) is 5.49. The van der Waals surface area contributed by atoms with Gasteiger partial charge in [-0.2, -0.15) is 0 Å². The Bertz CT molecular complexity index is 1000. The standard InChI is InChI=1S/C17H14F2N4O4/c1-9(16(24)20-15-11(18)4-3-5-12(15)19)27-23-14-8-10(17(25)26-2)6-7-13(14)21-22-23/h3-9H,1-2H3,(H,20,24). The minimum Gasteiger partial charge on any atom is -0.465 e. The Hall–Kier alpha value is -3.56. The van der Waals surface area contributed by atoms with Gasteiger partial charge in [-0.1, -0.05) is 10.9 Å². The van der Waals surface area contributed by atoms with E-state index in [0.717, 1.165) is 17.0 Å². The fraction of sp³-hybridized carbons (Fsp3) is 0.176. The highest BCUT2D eigenvalue weighted by atomic mass is 19.1. The molecule has 0 aliphatic carbocycles. The summed E-state index contributed by atoms with van der Waals surface area (Å²) in [5, 5.41) is 9.73. The SMILES string of the molecule is COC(=O)c1ccc2nnn(OC(C)C(=O)Nc3c(F)cccc3F)c2c1. The van der Waals surface area contributed by atoms with Crippen molar-refractivity contribution in [3.05, 3.63) is 53.6 Å². The van der Waals surface area contributed by atoms with Gasteiger partial charge in [-0.25, -0.2) is 13.6 Å². The monoisotopic (exact) mass is 376 g/mol. The average molecular weight is 376 g/mol. The van der Waals surface area contributed by atoms with Crippen molar-refractivity contribution in [3.63, 3.8) is 0 Å². The highest BCUT2D eigenvalue weighted by molar-refractivity contribution is 5.94. The summed E-state index contributed by atoms with van der Waals surface area (Å²) in [5.74, 6) is -3.19. The lowest BCUT2D eigenvalue weighted by atomic mass is 10.2. The molecule has 3 aromatic rings. The van der Waals surface area contributed by atoms with Gasteiger partial charge in [0, 0.05) is 0 Å². The molecule has 1 amide bonds. The van der Waals surface area contributed by atoms with E-state index in [0.29, 0.717) is 11.0 Å². The number of hydrogen-bond donors (Lipinski definition) is 1. The van der Waals surface area contributed by atoms with Crippen LogP contribution in [0.15, 0.2) is 36.4 Å². The summed E-state index contributed by atoms with van der Waals surface area (Å²) in [4.78, 5) is 30.2. The average Bonchev–Trinajstić information content (AvgIpc) is 3.06. The largest absolute Gasteiger partial charge is 0.465 e. The van der Waals surface area contributed by atoms with Gasteiger partial charge in [0.05, 0.1) is 12.7 Å². The number of nitrogens with one attached hydrogen (secondary N) is 1. The maximum atomic E-state index is 13.6. The minimum absolute atomic E-state index is 0.239. The van der Waals surface area contributed by atoms with Crippen LogP contribution in [0.2, 0.25) is 0 Å². The number of esters is 1. The van der Waals surface area contributed by atoms with Crippen LogP contribution in [0, 0.1) is 11.6 Å². The first kappa shape index (κ1) is 18.2. The number of para-hydroxylation sites is 1. The van der Waals surface area contributed by atoms with Crippen molar-refractivity contribution >= 4 is 28.6 Å². The molecule has 1 heterocycles. The number of halogens is 2. The molecule has 0 saturated carbocycles. The van der Waals surface area contributed by atoms with Crippen molar-refractivity contribution in [2.75, 3.05) is 12.4 Å². The molecule has 0 bridgehead atoms. The number of aromatic nitrogens is 3. The summed E-state index contributed by atoms with van der Waals surface area (Å²) in [5.41, 5.74) is 0.391. The first-order valence-corrected chi connectivity index (χ1v) is 7.76. The molecule has 0 saturated heterocycles. The second-order valence-electron chi connectivity index (χ2n) is 5.49.